The van der Waals surface area contributed by atoms with Crippen LogP contribution in [0, 0.1) is 17.8 Å². The summed E-state index contributed by atoms with van der Waals surface area (Å²) in [5, 5.41) is 1.06. The van der Waals surface area contributed by atoms with Gasteiger partial charge in [0.05, 0.1) is 42.9 Å². The average molecular weight is 496 g/mol. The predicted molar refractivity (Wildman–Crippen MR) is 132 cm³/mol. The molecule has 1 unspecified atom stereocenters. The van der Waals surface area contributed by atoms with Gasteiger partial charge in [-0.15, -0.1) is 0 Å². The Kier molecular flexibility index (Phi) is 7.63. The maximum atomic E-state index is 12.2. The number of hydrogen-bond acceptors (Lipinski definition) is 7. The first-order valence-corrected chi connectivity index (χ1v) is 12.6. The molecule has 1 aliphatic rings. The first kappa shape index (κ1) is 24.0. The zero-order valence-electron chi connectivity index (χ0n) is 18.8. The molecule has 1 atom stereocenters. The van der Waals surface area contributed by atoms with E-state index in [0.717, 1.165) is 15.4 Å². The van der Waals surface area contributed by atoms with Crippen LogP contribution < -0.4 is 9.04 Å². The zero-order valence-corrected chi connectivity index (χ0v) is 20.4. The summed E-state index contributed by atoms with van der Waals surface area (Å²) in [7, 11) is 2.68. The lowest BCUT2D eigenvalue weighted by molar-refractivity contribution is 0.0600. The van der Waals surface area contributed by atoms with E-state index >= 15 is 0 Å². The Morgan fingerprint density at radius 3 is 2.56 bits per heavy atom. The van der Waals surface area contributed by atoms with E-state index in [-0.39, 0.29) is 17.0 Å². The molecule has 1 heterocycles. The maximum absolute atomic E-state index is 12.2. The summed E-state index contributed by atoms with van der Waals surface area (Å²) >= 11 is -1.42. The first-order valence-electron chi connectivity index (χ1n) is 10.7. The van der Waals surface area contributed by atoms with Gasteiger partial charge in [0.1, 0.15) is 15.8 Å². The van der Waals surface area contributed by atoms with E-state index < -0.39 is 17.2 Å². The summed E-state index contributed by atoms with van der Waals surface area (Å²) in [5.41, 5.74) is 2.33. The van der Waals surface area contributed by atoms with E-state index in [1.165, 1.54) is 75.6 Å². The van der Waals surface area contributed by atoms with Crippen molar-refractivity contribution in [1.29, 1.82) is 0 Å². The highest BCUT2D eigenvalue weighted by Crippen LogP contribution is 2.40. The van der Waals surface area contributed by atoms with Crippen LogP contribution in [0.1, 0.15) is 41.6 Å². The zero-order chi connectivity index (χ0) is 24.1. The van der Waals surface area contributed by atoms with Gasteiger partial charge in [-0.3, -0.25) is 8.51 Å². The number of methoxy groups -OCH3 is 2. The number of esters is 1. The predicted octanol–water partition coefficient (Wildman–Crippen LogP) is 5.08. The van der Waals surface area contributed by atoms with Crippen molar-refractivity contribution in [3.8, 4) is 28.2 Å². The molecule has 3 aromatic rings. The standard InChI is InChI=1S/C25H24N2O5S2/c1-31-22-15-20(25(28)32-2)13-14-21(22)27(34(29)30)23-16-26-24(33-23)19-11-9-18(10-12-19)8-7-17-5-3-4-6-17/h9-17H,3-6H2,1-2H3,(H,29,30)/p-1. The Labute approximate surface area is 205 Å². The largest absolute Gasteiger partial charge is 0.755 e. The third-order valence-corrected chi connectivity index (χ3v) is 7.41. The van der Waals surface area contributed by atoms with Crippen molar-refractivity contribution in [2.75, 3.05) is 18.5 Å². The topological polar surface area (TPSA) is 91.8 Å². The van der Waals surface area contributed by atoms with Crippen molar-refractivity contribution < 1.29 is 23.0 Å². The van der Waals surface area contributed by atoms with Crippen LogP contribution in [0.4, 0.5) is 10.7 Å². The SMILES string of the molecule is COC(=O)c1ccc(N(c2cnc(-c3ccc(C#CC4CCCC4)cc3)s2)S(=O)[O-])c(OC)c1. The molecule has 9 heteroatoms. The van der Waals surface area contributed by atoms with E-state index in [1.807, 2.05) is 24.3 Å². The number of ether oxygens (including phenoxy) is 2. The van der Waals surface area contributed by atoms with Crippen LogP contribution in [0.2, 0.25) is 0 Å². The Morgan fingerprint density at radius 2 is 1.91 bits per heavy atom. The molecule has 0 amide bonds. The van der Waals surface area contributed by atoms with Gasteiger partial charge < -0.3 is 14.0 Å². The number of anilines is 2. The maximum Gasteiger partial charge on any atom is 0.337 e. The molecule has 34 heavy (non-hydrogen) atoms. The van der Waals surface area contributed by atoms with Gasteiger partial charge in [0.15, 0.2) is 0 Å². The van der Waals surface area contributed by atoms with Gasteiger partial charge in [-0.2, -0.15) is 0 Å². The molecule has 0 spiro atoms. The molecule has 1 aliphatic carbocycles. The Morgan fingerprint density at radius 1 is 1.18 bits per heavy atom. The summed E-state index contributed by atoms with van der Waals surface area (Å²) in [6, 6.07) is 12.2. The van der Waals surface area contributed by atoms with Crippen molar-refractivity contribution in [3.05, 3.63) is 59.8 Å². The Bertz CT molecular complexity index is 1250. The van der Waals surface area contributed by atoms with Crippen LogP contribution in [0.25, 0.3) is 10.6 Å². The van der Waals surface area contributed by atoms with Gasteiger partial charge >= 0.3 is 5.97 Å². The molecule has 0 aliphatic heterocycles. The molecule has 176 valence electrons. The van der Waals surface area contributed by atoms with Gasteiger partial charge in [0, 0.05) is 17.0 Å². The molecule has 0 bridgehead atoms. The summed E-state index contributed by atoms with van der Waals surface area (Å²) in [4.78, 5) is 16.3. The minimum Gasteiger partial charge on any atom is -0.755 e. The number of aromatic nitrogens is 1. The lowest BCUT2D eigenvalue weighted by atomic mass is 10.1. The molecule has 0 N–H and O–H groups in total. The van der Waals surface area contributed by atoms with E-state index in [2.05, 4.69) is 16.8 Å². The number of benzene rings is 2. The smallest absolute Gasteiger partial charge is 0.337 e. The lowest BCUT2D eigenvalue weighted by Crippen LogP contribution is -2.19. The van der Waals surface area contributed by atoms with Crippen molar-refractivity contribution in [2.24, 2.45) is 5.92 Å². The van der Waals surface area contributed by atoms with Crippen LogP contribution in [0.15, 0.2) is 48.7 Å². The number of nitrogens with zero attached hydrogens (tertiary/aromatic N) is 2. The van der Waals surface area contributed by atoms with Gasteiger partial charge in [-0.25, -0.2) is 9.78 Å². The number of hydrogen-bond donors (Lipinski definition) is 0. The first-order chi connectivity index (χ1) is 16.5. The van der Waals surface area contributed by atoms with E-state index in [0.29, 0.717) is 15.9 Å². The highest BCUT2D eigenvalue weighted by molar-refractivity contribution is 7.81. The van der Waals surface area contributed by atoms with Crippen molar-refractivity contribution in [1.82, 2.24) is 4.98 Å². The fraction of sp³-hybridized carbons (Fsp3) is 0.280. The van der Waals surface area contributed by atoms with Crippen molar-refractivity contribution in [2.45, 2.75) is 25.7 Å². The van der Waals surface area contributed by atoms with Gasteiger partial charge in [0.25, 0.3) is 0 Å². The highest BCUT2D eigenvalue weighted by Gasteiger charge is 2.20. The lowest BCUT2D eigenvalue weighted by Gasteiger charge is -2.26. The second-order valence-electron chi connectivity index (χ2n) is 7.72. The second-order valence-corrected chi connectivity index (χ2v) is 9.53. The minimum atomic E-state index is -2.65. The highest BCUT2D eigenvalue weighted by atomic mass is 32.2. The van der Waals surface area contributed by atoms with Gasteiger partial charge in [-0.1, -0.05) is 48.2 Å². The van der Waals surface area contributed by atoms with Crippen LogP contribution in [0.3, 0.4) is 0 Å². The van der Waals surface area contributed by atoms with E-state index in [4.69, 9.17) is 9.47 Å². The molecule has 0 radical (unpaired) electrons. The normalized spacial score (nSPS) is 14.2. The molecular weight excluding hydrogens is 472 g/mol. The van der Waals surface area contributed by atoms with Crippen molar-refractivity contribution >= 4 is 39.3 Å². The van der Waals surface area contributed by atoms with Gasteiger partial charge in [0.2, 0.25) is 0 Å². The van der Waals surface area contributed by atoms with Gasteiger partial charge in [-0.05, 0) is 43.2 Å². The summed E-state index contributed by atoms with van der Waals surface area (Å²) < 4.78 is 35.5. The van der Waals surface area contributed by atoms with Crippen LogP contribution in [0.5, 0.6) is 5.75 Å². The van der Waals surface area contributed by atoms with Crippen LogP contribution in [-0.2, 0) is 16.0 Å². The molecule has 4 rings (SSSR count). The number of carbonyl (C=O) groups excluding carboxylic acids is 1. The molecule has 1 saturated carbocycles. The third kappa shape index (κ3) is 5.30. The quantitative estimate of drug-likeness (QED) is 0.269. The number of thiazole rings is 1. The molecular formula is C25H23N2O5S2-. The summed E-state index contributed by atoms with van der Waals surface area (Å²) in [5.74, 6) is 6.77. The average Bonchev–Trinajstić information content (AvgIpc) is 3.55. The third-order valence-electron chi connectivity index (χ3n) is 5.57. The number of carbonyl (C=O) groups is 1. The summed E-state index contributed by atoms with van der Waals surface area (Å²) in [6.07, 6.45) is 6.38. The van der Waals surface area contributed by atoms with Crippen LogP contribution >= 0.6 is 11.3 Å². The fourth-order valence-electron chi connectivity index (χ4n) is 3.81. The molecule has 2 aromatic carbocycles. The van der Waals surface area contributed by atoms with Crippen molar-refractivity contribution in [3.63, 3.8) is 0 Å². The monoisotopic (exact) mass is 495 g/mol. The van der Waals surface area contributed by atoms with Crippen LogP contribution in [-0.4, -0.2) is 33.9 Å². The van der Waals surface area contributed by atoms with E-state index in [9.17, 15) is 13.6 Å². The number of rotatable bonds is 6. The Balaban J connectivity index is 1.59. The Hall–Kier alpha value is -3.19. The minimum absolute atomic E-state index is 0.215. The molecule has 7 nitrogen and oxygen atoms in total. The summed E-state index contributed by atoms with van der Waals surface area (Å²) in [6.45, 7) is 0. The van der Waals surface area contributed by atoms with E-state index in [1.54, 1.807) is 0 Å². The fourth-order valence-corrected chi connectivity index (χ4v) is 5.45. The molecule has 1 aromatic heterocycles. The molecule has 1 fully saturated rings. The second kappa shape index (κ2) is 10.8. The molecule has 0 saturated heterocycles.